The van der Waals surface area contributed by atoms with Gasteiger partial charge in [0.05, 0.1) is 10.7 Å². The predicted molar refractivity (Wildman–Crippen MR) is 61.4 cm³/mol. The fourth-order valence-electron chi connectivity index (χ4n) is 1.21. The van der Waals surface area contributed by atoms with E-state index in [9.17, 15) is 0 Å². The molecule has 4 heteroatoms. The summed E-state index contributed by atoms with van der Waals surface area (Å²) < 4.78 is 0. The van der Waals surface area contributed by atoms with Crippen LogP contribution in [-0.2, 0) is 0 Å². The Morgan fingerprint density at radius 2 is 2.14 bits per heavy atom. The molecule has 0 saturated carbocycles. The number of aliphatic imine (C=N–C) groups is 1. The van der Waals surface area contributed by atoms with Gasteiger partial charge in [-0.05, 0) is 24.4 Å². The van der Waals surface area contributed by atoms with E-state index in [1.165, 1.54) is 0 Å². The SMILES string of the molecule is S=C=Nc1cc2ccccc2nc1Cl. The summed E-state index contributed by atoms with van der Waals surface area (Å²) in [6, 6.07) is 9.52. The second kappa shape index (κ2) is 3.84. The molecule has 0 fully saturated rings. The van der Waals surface area contributed by atoms with E-state index in [-0.39, 0.29) is 0 Å². The molecule has 14 heavy (non-hydrogen) atoms. The molecule has 2 aromatic rings. The van der Waals surface area contributed by atoms with Crippen molar-refractivity contribution in [3.05, 3.63) is 35.5 Å². The monoisotopic (exact) mass is 220 g/mol. The topological polar surface area (TPSA) is 25.2 Å². The molecular formula is C10H5ClN2S. The number of para-hydroxylation sites is 1. The second-order valence-electron chi connectivity index (χ2n) is 2.69. The Morgan fingerprint density at radius 1 is 1.36 bits per heavy atom. The minimum atomic E-state index is 0.348. The molecular weight excluding hydrogens is 216 g/mol. The summed E-state index contributed by atoms with van der Waals surface area (Å²) in [5.74, 6) is 0. The molecule has 0 saturated heterocycles. The lowest BCUT2D eigenvalue weighted by atomic mass is 10.2. The van der Waals surface area contributed by atoms with E-state index >= 15 is 0 Å². The first-order chi connectivity index (χ1) is 6.81. The zero-order chi connectivity index (χ0) is 9.97. The van der Waals surface area contributed by atoms with Crippen LogP contribution in [0, 0.1) is 0 Å². The molecule has 0 N–H and O–H groups in total. The smallest absolute Gasteiger partial charge is 0.156 e. The van der Waals surface area contributed by atoms with Crippen LogP contribution in [0.3, 0.4) is 0 Å². The Hall–Kier alpha value is -1.28. The fourth-order valence-corrected chi connectivity index (χ4v) is 1.50. The Balaban J connectivity index is 2.76. The Morgan fingerprint density at radius 3 is 2.93 bits per heavy atom. The Kier molecular flexibility index (Phi) is 2.55. The maximum Gasteiger partial charge on any atom is 0.156 e. The summed E-state index contributed by atoms with van der Waals surface area (Å²) in [7, 11) is 0. The van der Waals surface area contributed by atoms with E-state index in [2.05, 4.69) is 27.4 Å². The van der Waals surface area contributed by atoms with Crippen molar-refractivity contribution in [2.24, 2.45) is 4.99 Å². The Labute approximate surface area is 91.3 Å². The number of halogens is 1. The van der Waals surface area contributed by atoms with Crippen LogP contribution in [0.2, 0.25) is 5.15 Å². The van der Waals surface area contributed by atoms with Gasteiger partial charge in [-0.2, -0.15) is 4.99 Å². The number of benzene rings is 1. The minimum absolute atomic E-state index is 0.348. The van der Waals surface area contributed by atoms with E-state index in [0.29, 0.717) is 10.8 Å². The number of isothiocyanates is 1. The van der Waals surface area contributed by atoms with E-state index < -0.39 is 0 Å². The first-order valence-electron chi connectivity index (χ1n) is 3.94. The van der Waals surface area contributed by atoms with Crippen LogP contribution in [0.25, 0.3) is 10.9 Å². The lowest BCUT2D eigenvalue weighted by Crippen LogP contribution is -1.79. The number of hydrogen-bond acceptors (Lipinski definition) is 3. The second-order valence-corrected chi connectivity index (χ2v) is 3.23. The number of nitrogens with zero attached hydrogens (tertiary/aromatic N) is 2. The highest BCUT2D eigenvalue weighted by molar-refractivity contribution is 7.78. The van der Waals surface area contributed by atoms with Gasteiger partial charge in [0.2, 0.25) is 0 Å². The van der Waals surface area contributed by atoms with Gasteiger partial charge in [0.15, 0.2) is 5.15 Å². The number of hydrogen-bond donors (Lipinski definition) is 0. The van der Waals surface area contributed by atoms with Crippen molar-refractivity contribution in [3.63, 3.8) is 0 Å². The normalized spacial score (nSPS) is 9.79. The van der Waals surface area contributed by atoms with Crippen LogP contribution in [0.4, 0.5) is 5.69 Å². The van der Waals surface area contributed by atoms with Crippen LogP contribution in [-0.4, -0.2) is 10.1 Å². The summed E-state index contributed by atoms with van der Waals surface area (Å²) in [4.78, 5) is 8.01. The molecule has 1 heterocycles. The van der Waals surface area contributed by atoms with E-state index in [0.717, 1.165) is 10.9 Å². The zero-order valence-electron chi connectivity index (χ0n) is 7.07. The summed E-state index contributed by atoms with van der Waals surface area (Å²) >= 11 is 10.4. The average molecular weight is 221 g/mol. The van der Waals surface area contributed by atoms with Crippen molar-refractivity contribution in [1.29, 1.82) is 0 Å². The molecule has 0 spiro atoms. The molecule has 0 aliphatic carbocycles. The zero-order valence-corrected chi connectivity index (χ0v) is 8.64. The number of aromatic nitrogens is 1. The first kappa shape index (κ1) is 9.28. The molecule has 2 nitrogen and oxygen atoms in total. The molecule has 68 valence electrons. The molecule has 0 aliphatic heterocycles. The third-order valence-electron chi connectivity index (χ3n) is 1.83. The highest BCUT2D eigenvalue weighted by Gasteiger charge is 2.02. The van der Waals surface area contributed by atoms with Crippen molar-refractivity contribution in [3.8, 4) is 0 Å². The summed E-state index contributed by atoms with van der Waals surface area (Å²) in [5.41, 5.74) is 1.40. The number of thiocarbonyl (C=S) groups is 1. The lowest BCUT2D eigenvalue weighted by molar-refractivity contribution is 1.38. The fraction of sp³-hybridized carbons (Fsp3) is 0. The maximum atomic E-state index is 5.89. The van der Waals surface area contributed by atoms with Gasteiger partial charge in [-0.25, -0.2) is 4.98 Å². The van der Waals surface area contributed by atoms with Gasteiger partial charge in [0.1, 0.15) is 5.69 Å². The summed E-state index contributed by atoms with van der Waals surface area (Å²) in [6.07, 6.45) is 0. The molecule has 0 aliphatic rings. The van der Waals surface area contributed by atoms with Crippen LogP contribution in [0.15, 0.2) is 35.3 Å². The van der Waals surface area contributed by atoms with Gasteiger partial charge in [0.25, 0.3) is 0 Å². The molecule has 0 radical (unpaired) electrons. The third kappa shape index (κ3) is 1.66. The van der Waals surface area contributed by atoms with Crippen molar-refractivity contribution in [1.82, 2.24) is 4.98 Å². The maximum absolute atomic E-state index is 5.89. The van der Waals surface area contributed by atoms with Crippen LogP contribution >= 0.6 is 23.8 Å². The van der Waals surface area contributed by atoms with Crippen molar-refractivity contribution >= 4 is 45.6 Å². The third-order valence-corrected chi connectivity index (χ3v) is 2.19. The standard InChI is InChI=1S/C10H5ClN2S/c11-10-9(12-6-14)5-7-3-1-2-4-8(7)13-10/h1-5H. The van der Waals surface area contributed by atoms with Crippen molar-refractivity contribution in [2.75, 3.05) is 0 Å². The predicted octanol–water partition coefficient (Wildman–Crippen LogP) is 3.62. The van der Waals surface area contributed by atoms with Crippen LogP contribution < -0.4 is 0 Å². The van der Waals surface area contributed by atoms with E-state index in [4.69, 9.17) is 11.6 Å². The molecule has 1 aromatic heterocycles. The Bertz CT molecular complexity index is 533. The number of rotatable bonds is 1. The highest BCUT2D eigenvalue weighted by Crippen LogP contribution is 2.26. The minimum Gasteiger partial charge on any atom is -0.234 e. The quantitative estimate of drug-likeness (QED) is 0.417. The summed E-state index contributed by atoms with van der Waals surface area (Å²) in [5, 5.41) is 3.61. The molecule has 0 atom stereocenters. The molecule has 0 unspecified atom stereocenters. The van der Waals surface area contributed by atoms with Gasteiger partial charge < -0.3 is 0 Å². The number of fused-ring (bicyclic) bond motifs is 1. The highest BCUT2D eigenvalue weighted by atomic mass is 35.5. The molecule has 1 aromatic carbocycles. The largest absolute Gasteiger partial charge is 0.234 e. The van der Waals surface area contributed by atoms with Crippen LogP contribution in [0.1, 0.15) is 0 Å². The van der Waals surface area contributed by atoms with E-state index in [1.54, 1.807) is 0 Å². The molecule has 0 amide bonds. The summed E-state index contributed by atoms with van der Waals surface area (Å²) in [6.45, 7) is 0. The van der Waals surface area contributed by atoms with Crippen molar-refractivity contribution in [2.45, 2.75) is 0 Å². The lowest BCUT2D eigenvalue weighted by Gasteiger charge is -1.99. The number of pyridine rings is 1. The molecule has 0 bridgehead atoms. The molecule has 2 rings (SSSR count). The van der Waals surface area contributed by atoms with Gasteiger partial charge >= 0.3 is 0 Å². The average Bonchev–Trinajstić information content (AvgIpc) is 2.19. The van der Waals surface area contributed by atoms with E-state index in [1.807, 2.05) is 30.3 Å². The van der Waals surface area contributed by atoms with Gasteiger partial charge in [-0.3, -0.25) is 0 Å². The van der Waals surface area contributed by atoms with Crippen molar-refractivity contribution < 1.29 is 0 Å². The first-order valence-corrected chi connectivity index (χ1v) is 4.73. The van der Waals surface area contributed by atoms with Gasteiger partial charge in [0, 0.05) is 5.39 Å². The van der Waals surface area contributed by atoms with Gasteiger partial charge in [-0.15, -0.1) is 0 Å². The van der Waals surface area contributed by atoms with Gasteiger partial charge in [-0.1, -0.05) is 29.8 Å². The van der Waals surface area contributed by atoms with Crippen LogP contribution in [0.5, 0.6) is 0 Å².